The molecule has 0 radical (unpaired) electrons. The van der Waals surface area contributed by atoms with E-state index in [1.54, 1.807) is 0 Å². The average Bonchev–Trinajstić information content (AvgIpc) is 1.80. The van der Waals surface area contributed by atoms with Gasteiger partial charge in [0.05, 0.1) is 0 Å². The van der Waals surface area contributed by atoms with Crippen LogP contribution in [0, 0.1) is 0 Å². The Morgan fingerprint density at radius 1 is 1.78 bits per heavy atom. The summed E-state index contributed by atoms with van der Waals surface area (Å²) in [6.45, 7) is 2.54. The second kappa shape index (κ2) is 2.52. The summed E-state index contributed by atoms with van der Waals surface area (Å²) in [5.74, 6) is -0.271. The molecule has 0 saturated carbocycles. The van der Waals surface area contributed by atoms with Gasteiger partial charge in [-0.1, -0.05) is 15.9 Å². The van der Waals surface area contributed by atoms with Crippen molar-refractivity contribution >= 4 is 15.9 Å². The molecular formula is C6H7BrFN. The molecule has 1 aliphatic heterocycles. The normalized spacial score (nSPS) is 19.2. The quantitative estimate of drug-likeness (QED) is 0.579. The van der Waals surface area contributed by atoms with Gasteiger partial charge in [-0.15, -0.1) is 0 Å². The molecular weight excluding hydrogens is 185 g/mol. The maximum Gasteiger partial charge on any atom is 0.188 e. The maximum absolute atomic E-state index is 12.3. The van der Waals surface area contributed by atoms with Gasteiger partial charge in [0.1, 0.15) is 0 Å². The highest BCUT2D eigenvalue weighted by Crippen LogP contribution is 2.18. The van der Waals surface area contributed by atoms with Crippen molar-refractivity contribution in [3.63, 3.8) is 0 Å². The Morgan fingerprint density at radius 3 is 2.89 bits per heavy atom. The predicted molar refractivity (Wildman–Crippen MR) is 38.8 cm³/mol. The van der Waals surface area contributed by atoms with Crippen LogP contribution in [0.5, 0.6) is 0 Å². The third-order valence-corrected chi connectivity index (χ3v) is 2.09. The van der Waals surface area contributed by atoms with E-state index in [-0.39, 0.29) is 5.95 Å². The summed E-state index contributed by atoms with van der Waals surface area (Å²) in [7, 11) is 0. The van der Waals surface area contributed by atoms with E-state index in [4.69, 9.17) is 0 Å². The van der Waals surface area contributed by atoms with E-state index in [0.29, 0.717) is 6.54 Å². The van der Waals surface area contributed by atoms with Gasteiger partial charge in [-0.25, -0.2) is 0 Å². The van der Waals surface area contributed by atoms with Gasteiger partial charge in [0.15, 0.2) is 5.95 Å². The summed E-state index contributed by atoms with van der Waals surface area (Å²) in [4.78, 5) is 0. The minimum atomic E-state index is -0.271. The number of nitrogens with one attached hydrogen (secondary N) is 1. The first kappa shape index (κ1) is 6.81. The van der Waals surface area contributed by atoms with Crippen LogP contribution in [0.25, 0.3) is 0 Å². The first-order valence-electron chi connectivity index (χ1n) is 2.66. The molecule has 1 heterocycles. The second-order valence-corrected chi connectivity index (χ2v) is 2.83. The fourth-order valence-electron chi connectivity index (χ4n) is 0.587. The van der Waals surface area contributed by atoms with Crippen LogP contribution in [0.1, 0.15) is 6.92 Å². The van der Waals surface area contributed by atoms with Crippen molar-refractivity contribution in [1.29, 1.82) is 0 Å². The van der Waals surface area contributed by atoms with Crippen molar-refractivity contribution < 1.29 is 4.39 Å². The standard InChI is InChI=1S/C6H7BrFN/c1-4-3-9-6(8)2-5(4)7/h2,9H,3H2,1H3. The first-order valence-corrected chi connectivity index (χ1v) is 3.46. The lowest BCUT2D eigenvalue weighted by Crippen LogP contribution is -2.16. The fourth-order valence-corrected chi connectivity index (χ4v) is 0.928. The van der Waals surface area contributed by atoms with Crippen LogP contribution >= 0.6 is 15.9 Å². The van der Waals surface area contributed by atoms with Crippen molar-refractivity contribution in [3.8, 4) is 0 Å². The molecule has 0 aromatic rings. The molecule has 0 fully saturated rings. The lowest BCUT2D eigenvalue weighted by Gasteiger charge is -2.10. The Bertz CT molecular complexity index is 183. The van der Waals surface area contributed by atoms with E-state index in [2.05, 4.69) is 21.2 Å². The molecule has 1 nitrogen and oxygen atoms in total. The van der Waals surface area contributed by atoms with E-state index in [1.807, 2.05) is 6.92 Å². The van der Waals surface area contributed by atoms with Gasteiger partial charge >= 0.3 is 0 Å². The number of hydrogen-bond donors (Lipinski definition) is 1. The van der Waals surface area contributed by atoms with Gasteiger partial charge in [-0.05, 0) is 12.5 Å². The van der Waals surface area contributed by atoms with Crippen LogP contribution in [0.4, 0.5) is 4.39 Å². The van der Waals surface area contributed by atoms with Crippen LogP contribution in [-0.2, 0) is 0 Å². The Balaban J connectivity index is 2.83. The monoisotopic (exact) mass is 191 g/mol. The molecule has 0 aliphatic carbocycles. The topological polar surface area (TPSA) is 12.0 Å². The van der Waals surface area contributed by atoms with Gasteiger partial charge < -0.3 is 5.32 Å². The van der Waals surface area contributed by atoms with Crippen LogP contribution < -0.4 is 5.32 Å². The number of allylic oxidation sites excluding steroid dienone is 2. The molecule has 1 aliphatic rings. The van der Waals surface area contributed by atoms with E-state index in [0.717, 1.165) is 10.1 Å². The molecule has 0 atom stereocenters. The van der Waals surface area contributed by atoms with Gasteiger partial charge in [0, 0.05) is 17.1 Å². The van der Waals surface area contributed by atoms with Crippen molar-refractivity contribution in [2.75, 3.05) is 6.54 Å². The van der Waals surface area contributed by atoms with Gasteiger partial charge in [-0.2, -0.15) is 4.39 Å². The molecule has 0 bridgehead atoms. The highest BCUT2D eigenvalue weighted by atomic mass is 79.9. The highest BCUT2D eigenvalue weighted by Gasteiger charge is 2.04. The lowest BCUT2D eigenvalue weighted by molar-refractivity contribution is 0.550. The zero-order chi connectivity index (χ0) is 6.85. The lowest BCUT2D eigenvalue weighted by atomic mass is 10.2. The third-order valence-electron chi connectivity index (χ3n) is 1.18. The van der Waals surface area contributed by atoms with E-state index in [9.17, 15) is 4.39 Å². The van der Waals surface area contributed by atoms with Crippen molar-refractivity contribution in [2.45, 2.75) is 6.92 Å². The second-order valence-electron chi connectivity index (χ2n) is 1.97. The smallest absolute Gasteiger partial charge is 0.188 e. The third kappa shape index (κ3) is 1.55. The van der Waals surface area contributed by atoms with Gasteiger partial charge in [-0.3, -0.25) is 0 Å². The maximum atomic E-state index is 12.3. The van der Waals surface area contributed by atoms with Gasteiger partial charge in [0.25, 0.3) is 0 Å². The molecule has 0 aromatic carbocycles. The zero-order valence-electron chi connectivity index (χ0n) is 5.04. The Hall–Kier alpha value is -0.310. The summed E-state index contributed by atoms with van der Waals surface area (Å²) >= 11 is 3.22. The van der Waals surface area contributed by atoms with Crippen molar-refractivity contribution in [2.24, 2.45) is 0 Å². The molecule has 0 aromatic heterocycles. The number of hydrogen-bond acceptors (Lipinski definition) is 1. The Kier molecular flexibility index (Phi) is 1.90. The van der Waals surface area contributed by atoms with Crippen LogP contribution in [-0.4, -0.2) is 6.54 Å². The number of rotatable bonds is 0. The molecule has 3 heteroatoms. The van der Waals surface area contributed by atoms with Crippen LogP contribution in [0.2, 0.25) is 0 Å². The summed E-state index contributed by atoms with van der Waals surface area (Å²) in [6.07, 6.45) is 1.43. The Morgan fingerprint density at radius 2 is 2.44 bits per heavy atom. The van der Waals surface area contributed by atoms with Crippen LogP contribution in [0.15, 0.2) is 22.1 Å². The fraction of sp³-hybridized carbons (Fsp3) is 0.333. The van der Waals surface area contributed by atoms with E-state index < -0.39 is 0 Å². The predicted octanol–water partition coefficient (Wildman–Crippen LogP) is 2.07. The largest absolute Gasteiger partial charge is 0.358 e. The summed E-state index contributed by atoms with van der Waals surface area (Å²) in [5, 5.41) is 2.57. The molecule has 0 saturated heterocycles. The van der Waals surface area contributed by atoms with Crippen LogP contribution in [0.3, 0.4) is 0 Å². The van der Waals surface area contributed by atoms with Gasteiger partial charge in [0.2, 0.25) is 0 Å². The average molecular weight is 192 g/mol. The summed E-state index contributed by atoms with van der Waals surface area (Å²) in [6, 6.07) is 0. The van der Waals surface area contributed by atoms with Crippen molar-refractivity contribution in [3.05, 3.63) is 22.1 Å². The highest BCUT2D eigenvalue weighted by molar-refractivity contribution is 9.11. The molecule has 9 heavy (non-hydrogen) atoms. The number of halogens is 2. The van der Waals surface area contributed by atoms with Crippen molar-refractivity contribution in [1.82, 2.24) is 5.32 Å². The number of dihydropyridines is 1. The molecule has 50 valence electrons. The summed E-state index contributed by atoms with van der Waals surface area (Å²) in [5.41, 5.74) is 1.12. The minimum Gasteiger partial charge on any atom is -0.358 e. The summed E-state index contributed by atoms with van der Waals surface area (Å²) < 4.78 is 13.1. The molecule has 1 N–H and O–H groups in total. The molecule has 0 spiro atoms. The molecule has 1 rings (SSSR count). The Labute approximate surface area is 61.8 Å². The SMILES string of the molecule is CC1=C(Br)C=C(F)NC1. The first-order chi connectivity index (χ1) is 4.20. The zero-order valence-corrected chi connectivity index (χ0v) is 6.63. The minimum absolute atomic E-state index is 0.271. The van der Waals surface area contributed by atoms with E-state index in [1.165, 1.54) is 6.08 Å². The molecule has 0 unspecified atom stereocenters. The van der Waals surface area contributed by atoms with E-state index >= 15 is 0 Å². The molecule has 0 amide bonds.